The smallest absolute Gasteiger partial charge is 0.323 e. The Bertz CT molecular complexity index is 833. The number of nitrogens with one attached hydrogen (secondary N) is 2. The van der Waals surface area contributed by atoms with E-state index in [-0.39, 0.29) is 4.90 Å². The zero-order chi connectivity index (χ0) is 17.0. The maximum Gasteiger partial charge on any atom is 0.323 e. The molecule has 0 aliphatic heterocycles. The molecular formula is C14H12ClN3O4S. The molecule has 0 aliphatic rings. The van der Waals surface area contributed by atoms with Crippen molar-refractivity contribution in [3.8, 4) is 0 Å². The molecule has 3 amide bonds. The van der Waals surface area contributed by atoms with Crippen molar-refractivity contribution in [3.63, 3.8) is 0 Å². The minimum atomic E-state index is -3.80. The molecule has 2 rings (SSSR count). The first-order valence-electron chi connectivity index (χ1n) is 6.28. The van der Waals surface area contributed by atoms with E-state index in [2.05, 4.69) is 10.6 Å². The first kappa shape index (κ1) is 16.8. The molecule has 0 unspecified atom stereocenters. The van der Waals surface area contributed by atoms with Crippen molar-refractivity contribution < 1.29 is 18.0 Å². The average Bonchev–Trinajstić information content (AvgIpc) is 2.47. The number of primary amides is 1. The first-order valence-corrected chi connectivity index (χ1v) is 8.59. The molecule has 0 saturated heterocycles. The Kier molecular flexibility index (Phi) is 4.87. The summed E-state index contributed by atoms with van der Waals surface area (Å²) in [5, 5.41) is 5.08. The summed E-state index contributed by atoms with van der Waals surface area (Å²) in [4.78, 5) is 22.7. The van der Waals surface area contributed by atoms with Crippen LogP contribution >= 0.6 is 10.7 Å². The largest absolute Gasteiger partial charge is 0.366 e. The molecule has 0 fully saturated rings. The van der Waals surface area contributed by atoms with Gasteiger partial charge in [0.25, 0.3) is 9.05 Å². The van der Waals surface area contributed by atoms with Crippen molar-refractivity contribution in [3.05, 3.63) is 54.1 Å². The summed E-state index contributed by atoms with van der Waals surface area (Å²) < 4.78 is 22.2. The molecule has 0 bridgehead atoms. The topological polar surface area (TPSA) is 118 Å². The molecule has 0 aromatic heterocycles. The zero-order valence-corrected chi connectivity index (χ0v) is 13.2. The van der Waals surface area contributed by atoms with Crippen LogP contribution in [0.25, 0.3) is 0 Å². The number of amides is 3. The minimum Gasteiger partial charge on any atom is -0.366 e. The second-order valence-corrected chi connectivity index (χ2v) is 7.05. The summed E-state index contributed by atoms with van der Waals surface area (Å²) in [5.41, 5.74) is 6.30. The van der Waals surface area contributed by atoms with Crippen LogP contribution in [0.4, 0.5) is 16.2 Å². The van der Waals surface area contributed by atoms with Gasteiger partial charge in [0.2, 0.25) is 5.91 Å². The van der Waals surface area contributed by atoms with Gasteiger partial charge in [0.15, 0.2) is 0 Å². The predicted octanol–water partition coefficient (Wildman–Crippen LogP) is 2.36. The third kappa shape index (κ3) is 4.70. The highest BCUT2D eigenvalue weighted by molar-refractivity contribution is 8.13. The van der Waals surface area contributed by atoms with Gasteiger partial charge in [-0.3, -0.25) is 4.79 Å². The molecule has 2 aromatic rings. The van der Waals surface area contributed by atoms with E-state index in [9.17, 15) is 18.0 Å². The fourth-order valence-corrected chi connectivity index (χ4v) is 2.48. The number of nitrogens with two attached hydrogens (primary N) is 1. The van der Waals surface area contributed by atoms with Crippen molar-refractivity contribution in [1.29, 1.82) is 0 Å². The Morgan fingerprint density at radius 1 is 0.870 bits per heavy atom. The van der Waals surface area contributed by atoms with Gasteiger partial charge < -0.3 is 16.4 Å². The van der Waals surface area contributed by atoms with Crippen molar-refractivity contribution in [2.24, 2.45) is 5.73 Å². The lowest BCUT2D eigenvalue weighted by Crippen LogP contribution is -2.19. The SMILES string of the molecule is NC(=O)c1ccc(NC(=O)Nc2ccc(S(=O)(=O)Cl)cc2)cc1. The molecule has 0 aliphatic carbocycles. The maximum absolute atomic E-state index is 11.8. The van der Waals surface area contributed by atoms with Crippen LogP contribution < -0.4 is 16.4 Å². The number of hydrogen-bond donors (Lipinski definition) is 3. The van der Waals surface area contributed by atoms with Gasteiger partial charge in [-0.2, -0.15) is 0 Å². The van der Waals surface area contributed by atoms with Gasteiger partial charge in [0.1, 0.15) is 0 Å². The summed E-state index contributed by atoms with van der Waals surface area (Å²) in [6.45, 7) is 0. The van der Waals surface area contributed by atoms with Gasteiger partial charge in [0, 0.05) is 27.6 Å². The van der Waals surface area contributed by atoms with E-state index in [0.29, 0.717) is 16.9 Å². The Balaban J connectivity index is 2.00. The number of halogens is 1. The number of carbonyl (C=O) groups is 2. The van der Waals surface area contributed by atoms with E-state index in [0.717, 1.165) is 0 Å². The lowest BCUT2D eigenvalue weighted by molar-refractivity contribution is 0.100. The highest BCUT2D eigenvalue weighted by Crippen LogP contribution is 2.18. The Labute approximate surface area is 136 Å². The van der Waals surface area contributed by atoms with E-state index in [1.165, 1.54) is 48.5 Å². The number of anilines is 2. The Morgan fingerprint density at radius 2 is 1.30 bits per heavy atom. The second-order valence-electron chi connectivity index (χ2n) is 4.48. The molecule has 7 nitrogen and oxygen atoms in total. The molecule has 120 valence electrons. The van der Waals surface area contributed by atoms with E-state index in [1.54, 1.807) is 0 Å². The highest BCUT2D eigenvalue weighted by Gasteiger charge is 2.10. The Morgan fingerprint density at radius 3 is 1.70 bits per heavy atom. The molecule has 0 radical (unpaired) electrons. The molecule has 23 heavy (non-hydrogen) atoms. The summed E-state index contributed by atoms with van der Waals surface area (Å²) in [6, 6.07) is 10.9. The van der Waals surface area contributed by atoms with Crippen molar-refractivity contribution in [2.75, 3.05) is 10.6 Å². The van der Waals surface area contributed by atoms with Crippen LogP contribution in [0.15, 0.2) is 53.4 Å². The van der Waals surface area contributed by atoms with Gasteiger partial charge in [-0.15, -0.1) is 0 Å². The lowest BCUT2D eigenvalue weighted by atomic mass is 10.2. The normalized spacial score (nSPS) is 10.8. The number of urea groups is 1. The Hall–Kier alpha value is -2.58. The lowest BCUT2D eigenvalue weighted by Gasteiger charge is -2.08. The van der Waals surface area contributed by atoms with E-state index in [1.807, 2.05) is 0 Å². The maximum atomic E-state index is 11.8. The summed E-state index contributed by atoms with van der Waals surface area (Å²) in [5.74, 6) is -0.560. The molecular weight excluding hydrogens is 342 g/mol. The molecule has 9 heteroatoms. The van der Waals surface area contributed by atoms with Crippen LogP contribution in [0, 0.1) is 0 Å². The van der Waals surface area contributed by atoms with Crippen LogP contribution in [-0.2, 0) is 9.05 Å². The first-order chi connectivity index (χ1) is 10.8. The number of carbonyl (C=O) groups excluding carboxylic acids is 2. The monoisotopic (exact) mass is 353 g/mol. The fraction of sp³-hybridized carbons (Fsp3) is 0. The second kappa shape index (κ2) is 6.67. The minimum absolute atomic E-state index is 0.0628. The van der Waals surface area contributed by atoms with Crippen LogP contribution in [0.5, 0.6) is 0 Å². The van der Waals surface area contributed by atoms with E-state index < -0.39 is 21.0 Å². The summed E-state index contributed by atoms with van der Waals surface area (Å²) >= 11 is 0. The quantitative estimate of drug-likeness (QED) is 0.731. The van der Waals surface area contributed by atoms with Crippen LogP contribution in [0.2, 0.25) is 0 Å². The molecule has 0 heterocycles. The van der Waals surface area contributed by atoms with Gasteiger partial charge in [0.05, 0.1) is 4.90 Å². The summed E-state index contributed by atoms with van der Waals surface area (Å²) in [7, 11) is 1.40. The number of benzene rings is 2. The predicted molar refractivity (Wildman–Crippen MR) is 87.1 cm³/mol. The molecule has 2 aromatic carbocycles. The van der Waals surface area contributed by atoms with Gasteiger partial charge >= 0.3 is 6.03 Å². The van der Waals surface area contributed by atoms with Gasteiger partial charge in [-0.1, -0.05) is 0 Å². The standard InChI is InChI=1S/C14H12ClN3O4S/c15-23(21,22)12-7-5-11(6-8-12)18-14(20)17-10-3-1-9(2-4-10)13(16)19/h1-8H,(H2,16,19)(H2,17,18,20). The van der Waals surface area contributed by atoms with Crippen LogP contribution in [-0.4, -0.2) is 20.4 Å². The van der Waals surface area contributed by atoms with E-state index in [4.69, 9.17) is 16.4 Å². The van der Waals surface area contributed by atoms with Crippen molar-refractivity contribution in [1.82, 2.24) is 0 Å². The van der Waals surface area contributed by atoms with Crippen molar-refractivity contribution in [2.45, 2.75) is 4.90 Å². The third-order valence-corrected chi connectivity index (χ3v) is 4.19. The highest BCUT2D eigenvalue weighted by atomic mass is 35.7. The molecule has 4 N–H and O–H groups in total. The molecule has 0 saturated carbocycles. The van der Waals surface area contributed by atoms with E-state index >= 15 is 0 Å². The van der Waals surface area contributed by atoms with Gasteiger partial charge in [-0.25, -0.2) is 13.2 Å². The third-order valence-electron chi connectivity index (χ3n) is 2.82. The van der Waals surface area contributed by atoms with Gasteiger partial charge in [-0.05, 0) is 48.5 Å². The number of hydrogen-bond acceptors (Lipinski definition) is 4. The average molecular weight is 354 g/mol. The van der Waals surface area contributed by atoms with Crippen LogP contribution in [0.1, 0.15) is 10.4 Å². The number of rotatable bonds is 4. The fourth-order valence-electron chi connectivity index (χ4n) is 1.71. The molecule has 0 atom stereocenters. The zero-order valence-electron chi connectivity index (χ0n) is 11.6. The summed E-state index contributed by atoms with van der Waals surface area (Å²) in [6.07, 6.45) is 0. The van der Waals surface area contributed by atoms with Crippen molar-refractivity contribution >= 4 is 43.0 Å². The van der Waals surface area contributed by atoms with Crippen LogP contribution in [0.3, 0.4) is 0 Å². The molecule has 0 spiro atoms.